The molecule has 0 spiro atoms. The lowest BCUT2D eigenvalue weighted by atomic mass is 10.1. The molecule has 0 aromatic heterocycles. The number of fused-ring (bicyclic) bond motifs is 1. The van der Waals surface area contributed by atoms with Gasteiger partial charge in [-0.25, -0.2) is 0 Å². The van der Waals surface area contributed by atoms with Gasteiger partial charge in [0.2, 0.25) is 0 Å². The number of Topliss-reactive ketones (excluding diaryl/α,β-unsaturated/α-hetero) is 1. The van der Waals surface area contributed by atoms with Crippen molar-refractivity contribution in [3.8, 4) is 5.75 Å². The van der Waals surface area contributed by atoms with Gasteiger partial charge in [-0.05, 0) is 36.4 Å². The van der Waals surface area contributed by atoms with Crippen LogP contribution in [0.1, 0.15) is 10.4 Å². The molecular formula is C16H11Cl2NO3S. The summed E-state index contributed by atoms with van der Waals surface area (Å²) in [6.45, 7) is -0.0105. The Labute approximate surface area is 147 Å². The van der Waals surface area contributed by atoms with Gasteiger partial charge in [0.25, 0.3) is 5.91 Å². The average molecular weight is 368 g/mol. The first-order chi connectivity index (χ1) is 11.0. The molecule has 3 rings (SSSR count). The maximum atomic E-state index is 12.3. The van der Waals surface area contributed by atoms with E-state index < -0.39 is 0 Å². The van der Waals surface area contributed by atoms with Crippen LogP contribution in [0.25, 0.3) is 0 Å². The van der Waals surface area contributed by atoms with Crippen LogP contribution in [0, 0.1) is 0 Å². The molecule has 2 aromatic carbocycles. The van der Waals surface area contributed by atoms with Crippen molar-refractivity contribution in [3.63, 3.8) is 0 Å². The van der Waals surface area contributed by atoms with E-state index in [2.05, 4.69) is 5.32 Å². The lowest BCUT2D eigenvalue weighted by molar-refractivity contribution is -0.118. The van der Waals surface area contributed by atoms with Gasteiger partial charge in [-0.3, -0.25) is 9.59 Å². The van der Waals surface area contributed by atoms with Gasteiger partial charge < -0.3 is 10.1 Å². The van der Waals surface area contributed by atoms with E-state index in [1.165, 1.54) is 11.8 Å². The standard InChI is InChI=1S/C16H11Cl2NO3S/c17-10-2-3-11(18)15(6-10)23-8-13(20)9-1-4-14-12(5-9)19-16(21)7-22-14/h1-6H,7-8H2,(H,19,21). The number of rotatable bonds is 4. The number of ketones is 1. The Morgan fingerprint density at radius 3 is 2.87 bits per heavy atom. The van der Waals surface area contributed by atoms with Gasteiger partial charge >= 0.3 is 0 Å². The number of halogens is 2. The molecule has 0 fully saturated rings. The van der Waals surface area contributed by atoms with Crippen LogP contribution in [0.15, 0.2) is 41.3 Å². The van der Waals surface area contributed by atoms with E-state index in [1.807, 2.05) is 0 Å². The van der Waals surface area contributed by atoms with Crippen LogP contribution in [0.5, 0.6) is 5.75 Å². The number of ether oxygens (including phenoxy) is 1. The highest BCUT2D eigenvalue weighted by atomic mass is 35.5. The first-order valence-electron chi connectivity index (χ1n) is 6.70. The van der Waals surface area contributed by atoms with Gasteiger partial charge in [-0.2, -0.15) is 0 Å². The molecule has 0 saturated heterocycles. The zero-order valence-electron chi connectivity index (χ0n) is 11.8. The Balaban J connectivity index is 1.72. The van der Waals surface area contributed by atoms with Gasteiger partial charge in [0.1, 0.15) is 5.75 Å². The number of hydrogen-bond donors (Lipinski definition) is 1. The van der Waals surface area contributed by atoms with Crippen molar-refractivity contribution < 1.29 is 14.3 Å². The molecular weight excluding hydrogens is 357 g/mol. The quantitative estimate of drug-likeness (QED) is 0.646. The van der Waals surface area contributed by atoms with Crippen LogP contribution in [0.2, 0.25) is 10.0 Å². The third-order valence-electron chi connectivity index (χ3n) is 3.19. The van der Waals surface area contributed by atoms with E-state index in [4.69, 9.17) is 27.9 Å². The summed E-state index contributed by atoms with van der Waals surface area (Å²) in [6, 6.07) is 10.1. The third-order valence-corrected chi connectivity index (χ3v) is 4.92. The van der Waals surface area contributed by atoms with E-state index in [9.17, 15) is 9.59 Å². The van der Waals surface area contributed by atoms with Crippen molar-refractivity contribution in [2.45, 2.75) is 4.90 Å². The summed E-state index contributed by atoms with van der Waals surface area (Å²) in [7, 11) is 0. The number of thioether (sulfide) groups is 1. The van der Waals surface area contributed by atoms with Gasteiger partial charge in [-0.1, -0.05) is 23.2 Å². The summed E-state index contributed by atoms with van der Waals surface area (Å²) in [6.07, 6.45) is 0. The number of carbonyl (C=O) groups is 2. The summed E-state index contributed by atoms with van der Waals surface area (Å²) in [4.78, 5) is 24.4. The first kappa shape index (κ1) is 16.2. The van der Waals surface area contributed by atoms with Gasteiger partial charge in [-0.15, -0.1) is 11.8 Å². The van der Waals surface area contributed by atoms with Gasteiger partial charge in [0, 0.05) is 15.5 Å². The Morgan fingerprint density at radius 1 is 1.22 bits per heavy atom. The van der Waals surface area contributed by atoms with Crippen LogP contribution in [-0.2, 0) is 4.79 Å². The van der Waals surface area contributed by atoms with Gasteiger partial charge in [0.05, 0.1) is 16.5 Å². The largest absolute Gasteiger partial charge is 0.482 e. The normalized spacial score (nSPS) is 13.0. The molecule has 0 unspecified atom stereocenters. The second kappa shape index (κ2) is 6.83. The molecule has 1 N–H and O–H groups in total. The molecule has 1 aliphatic rings. The van der Waals surface area contributed by atoms with Crippen molar-refractivity contribution in [2.24, 2.45) is 0 Å². The predicted molar refractivity (Wildman–Crippen MR) is 92.1 cm³/mol. The fraction of sp³-hybridized carbons (Fsp3) is 0.125. The minimum atomic E-state index is -0.234. The summed E-state index contributed by atoms with van der Waals surface area (Å²) >= 11 is 13.3. The lowest BCUT2D eigenvalue weighted by Crippen LogP contribution is -2.25. The smallest absolute Gasteiger partial charge is 0.262 e. The molecule has 0 radical (unpaired) electrons. The molecule has 7 heteroatoms. The fourth-order valence-electron chi connectivity index (χ4n) is 2.07. The second-order valence-corrected chi connectivity index (χ2v) is 6.70. The molecule has 0 bridgehead atoms. The van der Waals surface area contributed by atoms with Crippen LogP contribution in [0.3, 0.4) is 0 Å². The van der Waals surface area contributed by atoms with E-state index >= 15 is 0 Å². The summed E-state index contributed by atoms with van der Waals surface area (Å²) in [5, 5.41) is 3.81. The molecule has 1 aliphatic heterocycles. The minimum Gasteiger partial charge on any atom is -0.482 e. The highest BCUT2D eigenvalue weighted by Gasteiger charge is 2.18. The highest BCUT2D eigenvalue weighted by Crippen LogP contribution is 2.32. The van der Waals surface area contributed by atoms with E-state index in [-0.39, 0.29) is 24.1 Å². The van der Waals surface area contributed by atoms with Crippen molar-refractivity contribution in [1.29, 1.82) is 0 Å². The van der Waals surface area contributed by atoms with Crippen LogP contribution in [0.4, 0.5) is 5.69 Å². The molecule has 1 amide bonds. The maximum Gasteiger partial charge on any atom is 0.262 e. The van der Waals surface area contributed by atoms with Crippen molar-refractivity contribution in [2.75, 3.05) is 17.7 Å². The number of amides is 1. The van der Waals surface area contributed by atoms with Crippen molar-refractivity contribution >= 4 is 52.3 Å². The highest BCUT2D eigenvalue weighted by molar-refractivity contribution is 8.00. The fourth-order valence-corrected chi connectivity index (χ4v) is 3.46. The van der Waals surface area contributed by atoms with E-state index in [0.29, 0.717) is 27.0 Å². The molecule has 2 aromatic rings. The minimum absolute atomic E-state index is 0.0105. The van der Waals surface area contributed by atoms with Crippen molar-refractivity contribution in [1.82, 2.24) is 0 Å². The Kier molecular flexibility index (Phi) is 4.80. The zero-order valence-corrected chi connectivity index (χ0v) is 14.1. The number of hydrogen-bond acceptors (Lipinski definition) is 4. The number of nitrogens with one attached hydrogen (secondary N) is 1. The molecule has 1 heterocycles. The monoisotopic (exact) mass is 367 g/mol. The van der Waals surface area contributed by atoms with Crippen LogP contribution < -0.4 is 10.1 Å². The molecule has 118 valence electrons. The molecule has 0 atom stereocenters. The lowest BCUT2D eigenvalue weighted by Gasteiger charge is -2.18. The molecule has 23 heavy (non-hydrogen) atoms. The zero-order chi connectivity index (χ0) is 16.4. The number of benzene rings is 2. The molecule has 0 aliphatic carbocycles. The maximum absolute atomic E-state index is 12.3. The summed E-state index contributed by atoms with van der Waals surface area (Å²) < 4.78 is 5.27. The second-order valence-electron chi connectivity index (χ2n) is 4.83. The summed E-state index contributed by atoms with van der Waals surface area (Å²) in [5.41, 5.74) is 1.01. The SMILES string of the molecule is O=C1COc2ccc(C(=O)CSc3cc(Cl)ccc3Cl)cc2N1. The van der Waals surface area contributed by atoms with E-state index in [1.54, 1.807) is 36.4 Å². The van der Waals surface area contributed by atoms with E-state index in [0.717, 1.165) is 4.90 Å². The average Bonchev–Trinajstić information content (AvgIpc) is 2.54. The third kappa shape index (κ3) is 3.80. The first-order valence-corrected chi connectivity index (χ1v) is 8.45. The van der Waals surface area contributed by atoms with Gasteiger partial charge in [0.15, 0.2) is 12.4 Å². The van der Waals surface area contributed by atoms with Crippen LogP contribution >= 0.6 is 35.0 Å². The Hall–Kier alpha value is -1.69. The Morgan fingerprint density at radius 2 is 2.04 bits per heavy atom. The van der Waals surface area contributed by atoms with Crippen molar-refractivity contribution in [3.05, 3.63) is 52.0 Å². The number of anilines is 1. The predicted octanol–water partition coefficient (Wildman–Crippen LogP) is 4.30. The molecule has 4 nitrogen and oxygen atoms in total. The Bertz CT molecular complexity index is 795. The number of carbonyl (C=O) groups excluding carboxylic acids is 2. The van der Waals surface area contributed by atoms with Crippen LogP contribution in [-0.4, -0.2) is 24.1 Å². The topological polar surface area (TPSA) is 55.4 Å². The summed E-state index contributed by atoms with van der Waals surface area (Å²) in [5.74, 6) is 0.468. The molecule has 0 saturated carbocycles.